The minimum atomic E-state index is -2.52. The minimum absolute atomic E-state index is 0.00792. The summed E-state index contributed by atoms with van der Waals surface area (Å²) in [5.41, 5.74) is 1.70. The molecule has 1 aromatic carbocycles. The Hall–Kier alpha value is -1.77. The van der Waals surface area contributed by atoms with Crippen molar-refractivity contribution in [3.63, 3.8) is 0 Å². The molecule has 0 aliphatic rings. The van der Waals surface area contributed by atoms with Gasteiger partial charge >= 0.3 is 12.1 Å². The first-order valence-electron chi connectivity index (χ1n) is 19.6. The van der Waals surface area contributed by atoms with Crippen molar-refractivity contribution in [3.05, 3.63) is 35.9 Å². The predicted molar refractivity (Wildman–Crippen MR) is 217 cm³/mol. The molecule has 302 valence electrons. The first-order chi connectivity index (χ1) is 24.0. The summed E-state index contributed by atoms with van der Waals surface area (Å²) >= 11 is 0. The molecule has 1 N–H and O–H groups in total. The highest BCUT2D eigenvalue weighted by Crippen LogP contribution is 2.44. The van der Waals surface area contributed by atoms with Crippen LogP contribution in [-0.2, 0) is 39.2 Å². The number of amides is 1. The molecule has 0 aliphatic heterocycles. The van der Waals surface area contributed by atoms with Gasteiger partial charge in [0.05, 0.1) is 18.6 Å². The fraction of sp³-hybridized carbons (Fsp3) is 0.805. The average molecular weight is 768 g/mol. The van der Waals surface area contributed by atoms with Gasteiger partial charge in [0.15, 0.2) is 8.32 Å². The Balaban J connectivity index is 3.54. The van der Waals surface area contributed by atoms with Crippen molar-refractivity contribution in [1.82, 2.24) is 5.32 Å². The van der Waals surface area contributed by atoms with Crippen LogP contribution in [-0.4, -0.2) is 73.6 Å². The van der Waals surface area contributed by atoms with E-state index in [1.807, 2.05) is 44.2 Å². The Bertz CT molecular complexity index is 1150. The van der Waals surface area contributed by atoms with Gasteiger partial charge in [-0.15, -0.1) is 0 Å². The van der Waals surface area contributed by atoms with E-state index >= 15 is 0 Å². The molecule has 0 saturated carbocycles. The summed E-state index contributed by atoms with van der Waals surface area (Å²) in [5, 5.41) is 3.20. The lowest BCUT2D eigenvalue weighted by molar-refractivity contribution is -0.181. The SMILES string of the molecule is CC[C@H](C)[C@@H](NC(=O)OCc1ccccc1)[C@H](CC(=O)O[C@@H](C(C)C)[C@@H](OCOC)[C@H](C)CO[Si](C)(C)C(C)(C)C)O[Si](C(C)C)(C(C)C)C(C)C. The molecule has 6 atom stereocenters. The highest BCUT2D eigenvalue weighted by atomic mass is 28.4. The molecule has 1 amide bonds. The van der Waals surface area contributed by atoms with E-state index in [1.54, 1.807) is 7.11 Å². The van der Waals surface area contributed by atoms with Crippen LogP contribution in [0.2, 0.25) is 34.8 Å². The van der Waals surface area contributed by atoms with E-state index in [4.69, 9.17) is 27.8 Å². The van der Waals surface area contributed by atoms with Gasteiger partial charge in [-0.05, 0) is 52.2 Å². The zero-order valence-electron chi connectivity index (χ0n) is 36.0. The third kappa shape index (κ3) is 14.1. The number of carbonyl (C=O) groups is 2. The van der Waals surface area contributed by atoms with Gasteiger partial charge in [-0.2, -0.15) is 0 Å². The Morgan fingerprint density at radius 2 is 1.38 bits per heavy atom. The first kappa shape index (κ1) is 48.3. The number of esters is 1. The molecule has 0 saturated heterocycles. The van der Waals surface area contributed by atoms with E-state index in [9.17, 15) is 9.59 Å². The highest BCUT2D eigenvalue weighted by molar-refractivity contribution is 6.77. The summed E-state index contributed by atoms with van der Waals surface area (Å²) in [5.74, 6) is -0.522. The highest BCUT2D eigenvalue weighted by Gasteiger charge is 2.49. The van der Waals surface area contributed by atoms with Crippen LogP contribution in [0.15, 0.2) is 30.3 Å². The Morgan fingerprint density at radius 3 is 1.85 bits per heavy atom. The quantitative estimate of drug-likeness (QED) is 0.0667. The lowest BCUT2D eigenvalue weighted by atomic mass is 9.92. The fourth-order valence-electron chi connectivity index (χ4n) is 7.00. The second-order valence-corrected chi connectivity index (χ2v) is 27.8. The number of benzene rings is 1. The molecule has 1 rings (SSSR count). The van der Waals surface area contributed by atoms with Crippen molar-refractivity contribution in [3.8, 4) is 0 Å². The van der Waals surface area contributed by atoms with Crippen LogP contribution in [0, 0.1) is 17.8 Å². The molecule has 0 bridgehead atoms. The second kappa shape index (κ2) is 22.0. The van der Waals surface area contributed by atoms with Gasteiger partial charge in [0.1, 0.15) is 25.6 Å². The third-order valence-corrected chi connectivity index (χ3v) is 21.9. The maximum Gasteiger partial charge on any atom is 0.407 e. The predicted octanol–water partition coefficient (Wildman–Crippen LogP) is 10.5. The Labute approximate surface area is 320 Å². The summed E-state index contributed by atoms with van der Waals surface area (Å²) in [7, 11) is -2.96. The van der Waals surface area contributed by atoms with Crippen LogP contribution < -0.4 is 5.32 Å². The zero-order chi connectivity index (χ0) is 40.0. The number of alkyl carbamates (subject to hydrolysis) is 1. The Kier molecular flexibility index (Phi) is 20.4. The number of methoxy groups -OCH3 is 1. The molecule has 9 nitrogen and oxygen atoms in total. The summed E-state index contributed by atoms with van der Waals surface area (Å²) in [4.78, 5) is 27.7. The van der Waals surface area contributed by atoms with E-state index in [-0.39, 0.29) is 65.2 Å². The molecule has 0 aromatic heterocycles. The van der Waals surface area contributed by atoms with Crippen molar-refractivity contribution >= 4 is 28.7 Å². The molecule has 0 spiro atoms. The Morgan fingerprint density at radius 1 is 0.827 bits per heavy atom. The van der Waals surface area contributed by atoms with Gasteiger partial charge in [0.25, 0.3) is 0 Å². The lowest BCUT2D eigenvalue weighted by Crippen LogP contribution is -2.57. The molecule has 0 unspecified atom stereocenters. The van der Waals surface area contributed by atoms with Crippen LogP contribution in [0.3, 0.4) is 0 Å². The maximum absolute atomic E-state index is 14.3. The molecule has 52 heavy (non-hydrogen) atoms. The van der Waals surface area contributed by atoms with E-state index < -0.39 is 47.1 Å². The van der Waals surface area contributed by atoms with Crippen molar-refractivity contribution in [2.24, 2.45) is 17.8 Å². The van der Waals surface area contributed by atoms with Gasteiger partial charge in [-0.1, -0.05) is 134 Å². The average Bonchev–Trinajstić information content (AvgIpc) is 3.05. The number of ether oxygens (including phenoxy) is 4. The van der Waals surface area contributed by atoms with E-state index in [0.717, 1.165) is 12.0 Å². The van der Waals surface area contributed by atoms with E-state index in [2.05, 4.69) is 101 Å². The summed E-state index contributed by atoms with van der Waals surface area (Å²) in [6.45, 7) is 35.5. The smallest absolute Gasteiger partial charge is 0.407 e. The zero-order valence-corrected chi connectivity index (χ0v) is 38.0. The fourth-order valence-corrected chi connectivity index (χ4v) is 13.7. The van der Waals surface area contributed by atoms with Crippen molar-refractivity contribution in [1.29, 1.82) is 0 Å². The molecule has 0 aliphatic carbocycles. The molecule has 1 aromatic rings. The summed E-state index contributed by atoms with van der Waals surface area (Å²) in [6, 6.07) is 9.12. The van der Waals surface area contributed by atoms with Crippen LogP contribution >= 0.6 is 0 Å². The van der Waals surface area contributed by atoms with Crippen molar-refractivity contribution < 1.29 is 37.4 Å². The van der Waals surface area contributed by atoms with Gasteiger partial charge in [0.2, 0.25) is 8.32 Å². The van der Waals surface area contributed by atoms with E-state index in [1.165, 1.54) is 0 Å². The van der Waals surface area contributed by atoms with Gasteiger partial charge in [-0.3, -0.25) is 4.79 Å². The normalized spacial score (nSPS) is 16.5. The van der Waals surface area contributed by atoms with Crippen molar-refractivity contribution in [2.45, 2.75) is 175 Å². The summed E-state index contributed by atoms with van der Waals surface area (Å²) < 4.78 is 37.7. The molecular formula is C41H77NO8Si2. The van der Waals surface area contributed by atoms with Gasteiger partial charge in [-0.25, -0.2) is 4.79 Å². The number of hydrogen-bond acceptors (Lipinski definition) is 8. The topological polar surface area (TPSA) is 102 Å². The largest absolute Gasteiger partial charge is 0.459 e. The molecular weight excluding hydrogens is 691 g/mol. The van der Waals surface area contributed by atoms with Crippen LogP contribution in [0.25, 0.3) is 0 Å². The number of carbonyl (C=O) groups excluding carboxylic acids is 2. The standard InChI is InChI=1S/C41H77NO8Si2/c1-18-32(10)37(42-40(44)46-26-34-22-20-19-21-23-34)35(50-52(29(4)5,30(6)7)31(8)9)24-36(43)49-38(28(2)3)39(47-27-45-15)33(11)25-48-51(16,17)41(12,13)14/h19-23,28-33,35,37-39H,18,24-27H2,1-17H3,(H,42,44)/t32-,33+,35-,37+,38-,39-/m0/s1. The monoisotopic (exact) mass is 768 g/mol. The molecule has 0 fully saturated rings. The lowest BCUT2D eigenvalue weighted by Gasteiger charge is -2.47. The number of rotatable bonds is 23. The second-order valence-electron chi connectivity index (χ2n) is 17.6. The van der Waals surface area contributed by atoms with Gasteiger partial charge < -0.3 is 33.1 Å². The van der Waals surface area contributed by atoms with E-state index in [0.29, 0.717) is 6.61 Å². The first-order valence-corrected chi connectivity index (χ1v) is 24.7. The molecule has 11 heteroatoms. The third-order valence-electron chi connectivity index (χ3n) is 11.3. The van der Waals surface area contributed by atoms with Crippen LogP contribution in [0.1, 0.15) is 115 Å². The van der Waals surface area contributed by atoms with Crippen LogP contribution in [0.5, 0.6) is 0 Å². The van der Waals surface area contributed by atoms with Crippen molar-refractivity contribution in [2.75, 3.05) is 20.5 Å². The van der Waals surface area contributed by atoms with Crippen LogP contribution in [0.4, 0.5) is 4.79 Å². The molecule has 0 radical (unpaired) electrons. The number of hydrogen-bond donors (Lipinski definition) is 1. The summed E-state index contributed by atoms with van der Waals surface area (Å²) in [6.07, 6.45) is -1.44. The minimum Gasteiger partial charge on any atom is -0.459 e. The maximum atomic E-state index is 14.3. The number of nitrogens with one attached hydrogen (secondary N) is 1. The van der Waals surface area contributed by atoms with Gasteiger partial charge in [0, 0.05) is 19.6 Å². The molecule has 0 heterocycles.